The van der Waals surface area contributed by atoms with Gasteiger partial charge < -0.3 is 10.1 Å². The summed E-state index contributed by atoms with van der Waals surface area (Å²) in [7, 11) is 0. The van der Waals surface area contributed by atoms with Gasteiger partial charge in [0.25, 0.3) is 0 Å². The first kappa shape index (κ1) is 14.8. The summed E-state index contributed by atoms with van der Waals surface area (Å²) in [6.07, 6.45) is 0.706. The van der Waals surface area contributed by atoms with Crippen LogP contribution in [0, 0.1) is 11.6 Å². The third-order valence-electron chi connectivity index (χ3n) is 2.64. The molecule has 0 aromatic heterocycles. The number of ether oxygens (including phenoxy) is 1. The average molecular weight is 342 g/mol. The Balaban J connectivity index is 1.76. The molecule has 0 spiro atoms. The number of hydrogen-bond donors (Lipinski definition) is 1. The van der Waals surface area contributed by atoms with Crippen molar-refractivity contribution in [1.82, 2.24) is 0 Å². The fourth-order valence-corrected chi connectivity index (χ4v) is 2.25. The van der Waals surface area contributed by atoms with Gasteiger partial charge in [0.2, 0.25) is 0 Å². The van der Waals surface area contributed by atoms with E-state index in [1.807, 2.05) is 30.3 Å². The van der Waals surface area contributed by atoms with Crippen LogP contribution in [0.5, 0.6) is 5.75 Å². The van der Waals surface area contributed by atoms with Gasteiger partial charge in [0, 0.05) is 17.1 Å². The Bertz CT molecular complexity index is 540. The second kappa shape index (κ2) is 7.24. The molecule has 0 unspecified atom stereocenters. The molecule has 0 amide bonds. The van der Waals surface area contributed by atoms with Gasteiger partial charge >= 0.3 is 0 Å². The van der Waals surface area contributed by atoms with E-state index in [0.29, 0.717) is 24.0 Å². The van der Waals surface area contributed by atoms with Crippen molar-refractivity contribution in [2.45, 2.75) is 6.42 Å². The molecule has 0 fully saturated rings. The predicted molar refractivity (Wildman–Crippen MR) is 79.1 cm³/mol. The van der Waals surface area contributed by atoms with E-state index in [2.05, 4.69) is 21.2 Å². The van der Waals surface area contributed by atoms with Crippen LogP contribution in [0.25, 0.3) is 0 Å². The molecule has 2 nitrogen and oxygen atoms in total. The summed E-state index contributed by atoms with van der Waals surface area (Å²) in [5.74, 6) is -0.408. The van der Waals surface area contributed by atoms with Crippen molar-refractivity contribution in [3.8, 4) is 5.75 Å². The normalized spacial score (nSPS) is 10.3. The minimum Gasteiger partial charge on any atom is -0.494 e. The van der Waals surface area contributed by atoms with Crippen LogP contribution in [0.3, 0.4) is 0 Å². The van der Waals surface area contributed by atoms with Crippen LogP contribution in [-0.2, 0) is 0 Å². The van der Waals surface area contributed by atoms with E-state index in [0.717, 1.165) is 11.8 Å². The van der Waals surface area contributed by atoms with Crippen LogP contribution in [0.15, 0.2) is 46.9 Å². The highest BCUT2D eigenvalue weighted by molar-refractivity contribution is 9.10. The van der Waals surface area contributed by atoms with E-state index in [-0.39, 0.29) is 5.69 Å². The van der Waals surface area contributed by atoms with Crippen LogP contribution >= 0.6 is 15.9 Å². The summed E-state index contributed by atoms with van der Waals surface area (Å²) in [6, 6.07) is 11.6. The standard InChI is InChI=1S/C15H14BrF2NO/c16-13-9-11(17)10-14(18)15(13)19-7-4-8-20-12-5-2-1-3-6-12/h1-3,5-6,9-10,19H,4,7-8H2. The SMILES string of the molecule is Fc1cc(F)c(NCCCOc2ccccc2)c(Br)c1. The number of rotatable bonds is 6. The molecule has 2 aromatic rings. The number of hydrogen-bond acceptors (Lipinski definition) is 2. The van der Waals surface area contributed by atoms with Gasteiger partial charge in [0.15, 0.2) is 0 Å². The van der Waals surface area contributed by atoms with Crippen LogP contribution in [0.1, 0.15) is 6.42 Å². The summed E-state index contributed by atoms with van der Waals surface area (Å²) in [5.41, 5.74) is 0.270. The van der Waals surface area contributed by atoms with Gasteiger partial charge in [-0.05, 0) is 40.5 Å². The van der Waals surface area contributed by atoms with Gasteiger partial charge in [0.1, 0.15) is 17.4 Å². The molecule has 20 heavy (non-hydrogen) atoms. The highest BCUT2D eigenvalue weighted by atomic mass is 79.9. The molecule has 5 heteroatoms. The van der Waals surface area contributed by atoms with Gasteiger partial charge in [-0.25, -0.2) is 8.78 Å². The molecule has 0 bridgehead atoms. The average Bonchev–Trinajstić information content (AvgIpc) is 2.42. The molecule has 106 valence electrons. The van der Waals surface area contributed by atoms with Gasteiger partial charge in [-0.15, -0.1) is 0 Å². The van der Waals surface area contributed by atoms with E-state index in [9.17, 15) is 8.78 Å². The lowest BCUT2D eigenvalue weighted by Crippen LogP contribution is -2.09. The van der Waals surface area contributed by atoms with Gasteiger partial charge in [-0.2, -0.15) is 0 Å². The number of nitrogens with one attached hydrogen (secondary N) is 1. The lowest BCUT2D eigenvalue weighted by molar-refractivity contribution is 0.315. The molecule has 0 aliphatic rings. The zero-order chi connectivity index (χ0) is 14.4. The van der Waals surface area contributed by atoms with E-state index < -0.39 is 11.6 Å². The van der Waals surface area contributed by atoms with Crippen molar-refractivity contribution < 1.29 is 13.5 Å². The van der Waals surface area contributed by atoms with E-state index >= 15 is 0 Å². The van der Waals surface area contributed by atoms with Crippen molar-refractivity contribution in [2.24, 2.45) is 0 Å². The number of anilines is 1. The fourth-order valence-electron chi connectivity index (χ4n) is 1.70. The summed E-state index contributed by atoms with van der Waals surface area (Å²) in [5, 5.41) is 2.93. The zero-order valence-electron chi connectivity index (χ0n) is 10.7. The van der Waals surface area contributed by atoms with Gasteiger partial charge in [0.05, 0.1) is 12.3 Å². The Morgan fingerprint density at radius 2 is 1.85 bits per heavy atom. The maximum Gasteiger partial charge on any atom is 0.150 e. The molecule has 1 N–H and O–H groups in total. The first-order chi connectivity index (χ1) is 9.66. The second-order valence-corrected chi connectivity index (χ2v) is 5.04. The molecule has 0 aliphatic carbocycles. The van der Waals surface area contributed by atoms with E-state index in [4.69, 9.17) is 4.74 Å². The van der Waals surface area contributed by atoms with Crippen molar-refractivity contribution >= 4 is 21.6 Å². The molecule has 0 aliphatic heterocycles. The van der Waals surface area contributed by atoms with E-state index in [1.54, 1.807) is 0 Å². The lowest BCUT2D eigenvalue weighted by atomic mass is 10.3. The number of para-hydroxylation sites is 1. The predicted octanol–water partition coefficient (Wildman–Crippen LogP) is 4.61. The van der Waals surface area contributed by atoms with Crippen molar-refractivity contribution in [3.63, 3.8) is 0 Å². The molecule has 0 heterocycles. The number of halogens is 3. The maximum absolute atomic E-state index is 13.5. The highest BCUT2D eigenvalue weighted by Crippen LogP contribution is 2.26. The Labute approximate surface area is 124 Å². The molecule has 0 saturated carbocycles. The quantitative estimate of drug-likeness (QED) is 0.774. The Kier molecular flexibility index (Phi) is 5.35. The monoisotopic (exact) mass is 341 g/mol. The van der Waals surface area contributed by atoms with Crippen LogP contribution in [-0.4, -0.2) is 13.2 Å². The lowest BCUT2D eigenvalue weighted by Gasteiger charge is -2.10. The summed E-state index contributed by atoms with van der Waals surface area (Å²) >= 11 is 3.13. The van der Waals surface area contributed by atoms with Gasteiger partial charge in [-0.3, -0.25) is 0 Å². The molecule has 2 aromatic carbocycles. The van der Waals surface area contributed by atoms with Crippen LogP contribution < -0.4 is 10.1 Å². The Morgan fingerprint density at radius 3 is 2.55 bits per heavy atom. The summed E-state index contributed by atoms with van der Waals surface area (Å²) < 4.78 is 32.3. The van der Waals surface area contributed by atoms with Crippen LogP contribution in [0.2, 0.25) is 0 Å². The molecule has 0 radical (unpaired) electrons. The van der Waals surface area contributed by atoms with Crippen molar-refractivity contribution in [3.05, 3.63) is 58.6 Å². The highest BCUT2D eigenvalue weighted by Gasteiger charge is 2.08. The fraction of sp³-hybridized carbons (Fsp3) is 0.200. The Morgan fingerprint density at radius 1 is 1.10 bits per heavy atom. The second-order valence-electron chi connectivity index (χ2n) is 4.19. The molecular weight excluding hydrogens is 328 g/mol. The Hall–Kier alpha value is -1.62. The molecule has 0 atom stereocenters. The summed E-state index contributed by atoms with van der Waals surface area (Å²) in [4.78, 5) is 0. The summed E-state index contributed by atoms with van der Waals surface area (Å²) in [6.45, 7) is 1.06. The van der Waals surface area contributed by atoms with Crippen molar-refractivity contribution in [1.29, 1.82) is 0 Å². The van der Waals surface area contributed by atoms with Gasteiger partial charge in [-0.1, -0.05) is 18.2 Å². The topological polar surface area (TPSA) is 21.3 Å². The first-order valence-corrected chi connectivity index (χ1v) is 7.02. The van der Waals surface area contributed by atoms with Crippen molar-refractivity contribution in [2.75, 3.05) is 18.5 Å². The molecule has 0 saturated heterocycles. The minimum absolute atomic E-state index is 0.270. The first-order valence-electron chi connectivity index (χ1n) is 6.23. The minimum atomic E-state index is -0.610. The third-order valence-corrected chi connectivity index (χ3v) is 3.27. The third kappa shape index (κ3) is 4.20. The van der Waals surface area contributed by atoms with E-state index in [1.165, 1.54) is 6.07 Å². The van der Waals surface area contributed by atoms with Crippen LogP contribution in [0.4, 0.5) is 14.5 Å². The zero-order valence-corrected chi connectivity index (χ0v) is 12.3. The molecule has 2 rings (SSSR count). The largest absolute Gasteiger partial charge is 0.494 e. The maximum atomic E-state index is 13.5. The smallest absolute Gasteiger partial charge is 0.150 e. The molecular formula is C15H14BrF2NO. The number of benzene rings is 2.